The fourth-order valence-corrected chi connectivity index (χ4v) is 2.39. The average molecular weight is 240 g/mol. The molecule has 2 atom stereocenters. The summed E-state index contributed by atoms with van der Waals surface area (Å²) in [4.78, 5) is 0. The molecule has 0 radical (unpaired) electrons. The van der Waals surface area contributed by atoms with Crippen molar-refractivity contribution in [3.63, 3.8) is 0 Å². The van der Waals surface area contributed by atoms with Gasteiger partial charge in [0.15, 0.2) is 0 Å². The fraction of sp³-hybridized carbons (Fsp3) is 0.867. The molecule has 0 aromatic heterocycles. The van der Waals surface area contributed by atoms with Crippen LogP contribution < -0.4 is 0 Å². The van der Waals surface area contributed by atoms with Gasteiger partial charge in [0, 0.05) is 13.2 Å². The Morgan fingerprint density at radius 1 is 1.35 bits per heavy atom. The third-order valence-corrected chi connectivity index (χ3v) is 3.44. The van der Waals surface area contributed by atoms with Gasteiger partial charge in [-0.15, -0.1) is 0 Å². The molecule has 1 aliphatic heterocycles. The molecule has 0 bridgehead atoms. The lowest BCUT2D eigenvalue weighted by Crippen LogP contribution is -2.15. The smallest absolute Gasteiger partial charge is 0.0830 e. The second-order valence-electron chi connectivity index (χ2n) is 4.95. The van der Waals surface area contributed by atoms with Crippen molar-refractivity contribution in [1.29, 1.82) is 0 Å². The Bertz CT molecular complexity index is 195. The van der Waals surface area contributed by atoms with Gasteiger partial charge < -0.3 is 9.47 Å². The minimum atomic E-state index is 0.368. The van der Waals surface area contributed by atoms with Crippen LogP contribution in [0, 0.1) is 5.92 Å². The first-order valence-electron chi connectivity index (χ1n) is 7.17. The normalized spacial score (nSPS) is 22.4. The monoisotopic (exact) mass is 240 g/mol. The first kappa shape index (κ1) is 14.7. The molecule has 0 saturated carbocycles. The van der Waals surface area contributed by atoms with Gasteiger partial charge in [0.05, 0.1) is 12.7 Å². The summed E-state index contributed by atoms with van der Waals surface area (Å²) in [6, 6.07) is 0. The lowest BCUT2D eigenvalue weighted by Gasteiger charge is -2.17. The van der Waals surface area contributed by atoms with Crippen LogP contribution in [0.25, 0.3) is 0 Å². The standard InChI is InChI=1S/C15H28O2/c1-3-5-6-8-14(7-4-2)9-12-17-15-10-11-16-13-15/h3,5,14-15H,4,6-13H2,1-2H3/b5-3+. The number of ether oxygens (including phenoxy) is 2. The van der Waals surface area contributed by atoms with Crippen LogP contribution in [-0.2, 0) is 9.47 Å². The molecular weight excluding hydrogens is 212 g/mol. The van der Waals surface area contributed by atoms with Crippen molar-refractivity contribution in [3.05, 3.63) is 12.2 Å². The summed E-state index contributed by atoms with van der Waals surface area (Å²) in [5, 5.41) is 0. The molecule has 100 valence electrons. The third kappa shape index (κ3) is 6.85. The lowest BCUT2D eigenvalue weighted by molar-refractivity contribution is 0.0344. The third-order valence-electron chi connectivity index (χ3n) is 3.44. The first-order valence-corrected chi connectivity index (χ1v) is 7.17. The summed E-state index contributed by atoms with van der Waals surface area (Å²) in [5.74, 6) is 0.832. The minimum absolute atomic E-state index is 0.368. The zero-order valence-corrected chi connectivity index (χ0v) is 11.5. The summed E-state index contributed by atoms with van der Waals surface area (Å²) in [6.07, 6.45) is 12.2. The number of hydrogen-bond acceptors (Lipinski definition) is 2. The molecule has 0 N–H and O–H groups in total. The maximum Gasteiger partial charge on any atom is 0.0830 e. The zero-order chi connectivity index (χ0) is 12.3. The second kappa shape index (κ2) is 9.67. The fourth-order valence-electron chi connectivity index (χ4n) is 2.39. The van der Waals surface area contributed by atoms with E-state index in [1.54, 1.807) is 0 Å². The van der Waals surface area contributed by atoms with Gasteiger partial charge in [0.1, 0.15) is 0 Å². The lowest BCUT2D eigenvalue weighted by atomic mass is 9.95. The Hall–Kier alpha value is -0.340. The van der Waals surface area contributed by atoms with Crippen molar-refractivity contribution >= 4 is 0 Å². The number of rotatable bonds is 9. The van der Waals surface area contributed by atoms with Crippen molar-refractivity contribution in [2.24, 2.45) is 5.92 Å². The molecule has 1 aliphatic rings. The van der Waals surface area contributed by atoms with E-state index in [0.717, 1.165) is 32.2 Å². The van der Waals surface area contributed by atoms with Crippen molar-refractivity contribution < 1.29 is 9.47 Å². The van der Waals surface area contributed by atoms with Crippen molar-refractivity contribution in [2.75, 3.05) is 19.8 Å². The Morgan fingerprint density at radius 2 is 2.24 bits per heavy atom. The van der Waals surface area contributed by atoms with Crippen LogP contribution in [0.1, 0.15) is 52.4 Å². The average Bonchev–Trinajstić information content (AvgIpc) is 2.82. The molecule has 2 nitrogen and oxygen atoms in total. The highest BCUT2D eigenvalue weighted by molar-refractivity contribution is 4.78. The van der Waals surface area contributed by atoms with E-state index in [0.29, 0.717) is 6.10 Å². The van der Waals surface area contributed by atoms with Crippen LogP contribution in [0.5, 0.6) is 0 Å². The molecule has 1 heterocycles. The van der Waals surface area contributed by atoms with Gasteiger partial charge in [-0.05, 0) is 38.5 Å². The first-order chi connectivity index (χ1) is 8.36. The van der Waals surface area contributed by atoms with E-state index in [1.165, 1.54) is 32.1 Å². The molecule has 17 heavy (non-hydrogen) atoms. The predicted octanol–water partition coefficient (Wildman–Crippen LogP) is 3.95. The zero-order valence-electron chi connectivity index (χ0n) is 11.5. The van der Waals surface area contributed by atoms with E-state index < -0.39 is 0 Å². The van der Waals surface area contributed by atoms with Crippen molar-refractivity contribution in [2.45, 2.75) is 58.5 Å². The molecular formula is C15H28O2. The maximum absolute atomic E-state index is 5.84. The second-order valence-corrected chi connectivity index (χ2v) is 4.95. The molecule has 0 aromatic rings. The van der Waals surface area contributed by atoms with Gasteiger partial charge in [0.2, 0.25) is 0 Å². The molecule has 1 fully saturated rings. The van der Waals surface area contributed by atoms with Gasteiger partial charge in [-0.1, -0.05) is 31.9 Å². The molecule has 2 heteroatoms. The Balaban J connectivity index is 2.09. The highest BCUT2D eigenvalue weighted by atomic mass is 16.5. The van der Waals surface area contributed by atoms with Gasteiger partial charge in [-0.25, -0.2) is 0 Å². The van der Waals surface area contributed by atoms with E-state index in [4.69, 9.17) is 9.47 Å². The summed E-state index contributed by atoms with van der Waals surface area (Å²) in [7, 11) is 0. The SMILES string of the molecule is C/C=C/CCC(CCC)CCOC1CCOC1. The van der Waals surface area contributed by atoms with Crippen LogP contribution in [-0.4, -0.2) is 25.9 Å². The molecule has 1 saturated heterocycles. The number of allylic oxidation sites excluding steroid dienone is 2. The summed E-state index contributed by atoms with van der Waals surface area (Å²) in [6.45, 7) is 6.96. The summed E-state index contributed by atoms with van der Waals surface area (Å²) < 4.78 is 11.2. The van der Waals surface area contributed by atoms with Crippen LogP contribution >= 0.6 is 0 Å². The quantitative estimate of drug-likeness (QED) is 0.568. The van der Waals surface area contributed by atoms with E-state index in [1.807, 2.05) is 0 Å². The molecule has 0 spiro atoms. The van der Waals surface area contributed by atoms with E-state index in [-0.39, 0.29) is 0 Å². The Morgan fingerprint density at radius 3 is 2.88 bits per heavy atom. The summed E-state index contributed by atoms with van der Waals surface area (Å²) in [5.41, 5.74) is 0. The Kier molecular flexibility index (Phi) is 8.37. The van der Waals surface area contributed by atoms with Crippen LogP contribution in [0.4, 0.5) is 0 Å². The highest BCUT2D eigenvalue weighted by Gasteiger charge is 2.16. The molecule has 2 unspecified atom stereocenters. The van der Waals surface area contributed by atoms with Crippen molar-refractivity contribution in [1.82, 2.24) is 0 Å². The van der Waals surface area contributed by atoms with Gasteiger partial charge in [0.25, 0.3) is 0 Å². The Labute approximate surface area is 106 Å². The highest BCUT2D eigenvalue weighted by Crippen LogP contribution is 2.19. The van der Waals surface area contributed by atoms with E-state index >= 15 is 0 Å². The summed E-state index contributed by atoms with van der Waals surface area (Å²) >= 11 is 0. The maximum atomic E-state index is 5.84. The predicted molar refractivity (Wildman–Crippen MR) is 72.2 cm³/mol. The van der Waals surface area contributed by atoms with E-state index in [2.05, 4.69) is 26.0 Å². The van der Waals surface area contributed by atoms with Gasteiger partial charge in [-0.2, -0.15) is 0 Å². The largest absolute Gasteiger partial charge is 0.379 e. The molecule has 0 amide bonds. The van der Waals surface area contributed by atoms with Crippen LogP contribution in [0.2, 0.25) is 0 Å². The molecule has 1 rings (SSSR count). The minimum Gasteiger partial charge on any atom is -0.379 e. The molecule has 0 aliphatic carbocycles. The van der Waals surface area contributed by atoms with Gasteiger partial charge >= 0.3 is 0 Å². The van der Waals surface area contributed by atoms with Crippen molar-refractivity contribution in [3.8, 4) is 0 Å². The van der Waals surface area contributed by atoms with Crippen LogP contribution in [0.15, 0.2) is 12.2 Å². The topological polar surface area (TPSA) is 18.5 Å². The number of hydrogen-bond donors (Lipinski definition) is 0. The van der Waals surface area contributed by atoms with Crippen LogP contribution in [0.3, 0.4) is 0 Å². The van der Waals surface area contributed by atoms with Gasteiger partial charge in [-0.3, -0.25) is 0 Å². The van der Waals surface area contributed by atoms with E-state index in [9.17, 15) is 0 Å². The molecule has 0 aromatic carbocycles.